The Morgan fingerprint density at radius 3 is 2.77 bits per heavy atom. The zero-order valence-corrected chi connectivity index (χ0v) is 15.3. The van der Waals surface area contributed by atoms with E-state index < -0.39 is 5.91 Å². The molecule has 0 saturated heterocycles. The molecule has 3 aromatic rings. The molecule has 1 amide bonds. The third-order valence-electron chi connectivity index (χ3n) is 4.40. The first-order valence-electron chi connectivity index (χ1n) is 8.29. The number of benzene rings is 1. The highest BCUT2D eigenvalue weighted by atomic mass is 32.1. The Morgan fingerprint density at radius 1 is 1.35 bits per heavy atom. The molecule has 1 aliphatic carbocycles. The molecule has 0 bridgehead atoms. The summed E-state index contributed by atoms with van der Waals surface area (Å²) in [5.74, 6) is 0.733. The number of carbonyl (C=O) groups is 1. The molecule has 0 spiro atoms. The van der Waals surface area contributed by atoms with Gasteiger partial charge in [0.05, 0.1) is 23.9 Å². The van der Waals surface area contributed by atoms with Crippen LogP contribution in [-0.4, -0.2) is 29.0 Å². The van der Waals surface area contributed by atoms with E-state index in [0.717, 1.165) is 29.7 Å². The van der Waals surface area contributed by atoms with Crippen molar-refractivity contribution < 1.29 is 9.53 Å². The lowest BCUT2D eigenvalue weighted by molar-refractivity contribution is 0.100. The molecule has 8 heteroatoms. The Morgan fingerprint density at radius 2 is 2.12 bits per heavy atom. The molecule has 0 radical (unpaired) electrons. The number of fused-ring (bicyclic) bond motifs is 1. The second-order valence-corrected chi connectivity index (χ2v) is 7.39. The third kappa shape index (κ3) is 2.82. The van der Waals surface area contributed by atoms with Crippen molar-refractivity contribution in [2.24, 2.45) is 5.73 Å². The van der Waals surface area contributed by atoms with Crippen LogP contribution in [-0.2, 0) is 0 Å². The van der Waals surface area contributed by atoms with Crippen LogP contribution in [0, 0.1) is 6.92 Å². The number of carbonyl (C=O) groups excluding carboxylic acids is 1. The van der Waals surface area contributed by atoms with E-state index in [0.29, 0.717) is 38.5 Å². The van der Waals surface area contributed by atoms with Crippen molar-refractivity contribution in [2.75, 3.05) is 18.2 Å². The van der Waals surface area contributed by atoms with Gasteiger partial charge < -0.3 is 21.5 Å². The molecule has 0 atom stereocenters. The van der Waals surface area contributed by atoms with Crippen LogP contribution in [0.3, 0.4) is 0 Å². The number of anilines is 2. The highest BCUT2D eigenvalue weighted by Gasteiger charge is 2.25. The quantitative estimate of drug-likeness (QED) is 0.637. The van der Waals surface area contributed by atoms with Crippen molar-refractivity contribution in [3.63, 3.8) is 0 Å². The van der Waals surface area contributed by atoms with E-state index in [4.69, 9.17) is 16.2 Å². The van der Waals surface area contributed by atoms with E-state index in [9.17, 15) is 4.79 Å². The number of nitrogens with two attached hydrogens (primary N) is 2. The molecule has 1 saturated carbocycles. The molecule has 7 nitrogen and oxygen atoms in total. The summed E-state index contributed by atoms with van der Waals surface area (Å²) in [6, 6.07) is 6.25. The first-order chi connectivity index (χ1) is 12.5. The summed E-state index contributed by atoms with van der Waals surface area (Å²) in [4.78, 5) is 21.9. The van der Waals surface area contributed by atoms with Gasteiger partial charge in [0.25, 0.3) is 5.91 Å². The Kier molecular flexibility index (Phi) is 3.91. The Bertz CT molecular complexity index is 1030. The summed E-state index contributed by atoms with van der Waals surface area (Å²) in [6.07, 6.45) is 2.21. The lowest BCUT2D eigenvalue weighted by atomic mass is 10.1. The fourth-order valence-electron chi connectivity index (χ4n) is 2.86. The predicted molar refractivity (Wildman–Crippen MR) is 104 cm³/mol. The van der Waals surface area contributed by atoms with E-state index in [1.165, 1.54) is 11.3 Å². The number of hydrogen-bond acceptors (Lipinski definition) is 7. The van der Waals surface area contributed by atoms with Crippen LogP contribution in [0.4, 0.5) is 11.6 Å². The van der Waals surface area contributed by atoms with Gasteiger partial charge in [-0.05, 0) is 31.4 Å². The molecule has 2 aromatic heterocycles. The lowest BCUT2D eigenvalue weighted by Gasteiger charge is -2.11. The van der Waals surface area contributed by atoms with Crippen molar-refractivity contribution in [1.29, 1.82) is 0 Å². The van der Waals surface area contributed by atoms with Gasteiger partial charge in [0.1, 0.15) is 15.5 Å². The van der Waals surface area contributed by atoms with Crippen LogP contribution in [0.25, 0.3) is 21.5 Å². The minimum Gasteiger partial charge on any atom is -0.496 e. The van der Waals surface area contributed by atoms with Crippen LogP contribution < -0.4 is 21.5 Å². The van der Waals surface area contributed by atoms with Crippen molar-refractivity contribution in [1.82, 2.24) is 9.97 Å². The smallest absolute Gasteiger partial charge is 0.260 e. The highest BCUT2D eigenvalue weighted by Crippen LogP contribution is 2.40. The lowest BCUT2D eigenvalue weighted by Crippen LogP contribution is -2.10. The number of nitrogens with one attached hydrogen (secondary N) is 1. The second kappa shape index (κ2) is 6.14. The maximum Gasteiger partial charge on any atom is 0.260 e. The molecular formula is C18H19N5O2S. The van der Waals surface area contributed by atoms with Gasteiger partial charge in [-0.15, -0.1) is 11.3 Å². The molecule has 1 fully saturated rings. The Hall–Kier alpha value is -2.87. The molecular weight excluding hydrogens is 350 g/mol. The summed E-state index contributed by atoms with van der Waals surface area (Å²) < 4.78 is 5.44. The van der Waals surface area contributed by atoms with E-state index in [-0.39, 0.29) is 0 Å². The molecule has 1 aromatic carbocycles. The maximum absolute atomic E-state index is 11.7. The zero-order chi connectivity index (χ0) is 18.4. The summed E-state index contributed by atoms with van der Waals surface area (Å²) in [6.45, 7) is 1.97. The molecule has 2 heterocycles. The number of rotatable bonds is 5. The van der Waals surface area contributed by atoms with Gasteiger partial charge in [0.15, 0.2) is 0 Å². The monoisotopic (exact) mass is 369 g/mol. The van der Waals surface area contributed by atoms with Gasteiger partial charge >= 0.3 is 0 Å². The third-order valence-corrected chi connectivity index (χ3v) is 5.52. The van der Waals surface area contributed by atoms with Crippen LogP contribution in [0.1, 0.15) is 28.1 Å². The summed E-state index contributed by atoms with van der Waals surface area (Å²) in [5, 5.41) is 3.96. The average molecular weight is 369 g/mol. The van der Waals surface area contributed by atoms with E-state index in [2.05, 4.69) is 15.3 Å². The maximum atomic E-state index is 11.7. The van der Waals surface area contributed by atoms with E-state index in [1.807, 2.05) is 25.1 Å². The number of aromatic nitrogens is 2. The topological polar surface area (TPSA) is 116 Å². The summed E-state index contributed by atoms with van der Waals surface area (Å²) >= 11 is 1.19. The minimum atomic E-state index is -0.561. The van der Waals surface area contributed by atoms with Crippen molar-refractivity contribution in [2.45, 2.75) is 25.8 Å². The van der Waals surface area contributed by atoms with Crippen LogP contribution in [0.15, 0.2) is 18.2 Å². The zero-order valence-electron chi connectivity index (χ0n) is 14.5. The first kappa shape index (κ1) is 16.6. The predicted octanol–water partition coefficient (Wildman–Crippen LogP) is 2.93. The number of primary amides is 1. The number of amides is 1. The van der Waals surface area contributed by atoms with Gasteiger partial charge in [-0.25, -0.2) is 9.97 Å². The van der Waals surface area contributed by atoms with Crippen molar-refractivity contribution in [3.05, 3.63) is 28.6 Å². The van der Waals surface area contributed by atoms with Crippen molar-refractivity contribution >= 4 is 39.1 Å². The average Bonchev–Trinajstić information content (AvgIpc) is 3.36. The highest BCUT2D eigenvalue weighted by molar-refractivity contribution is 7.21. The Balaban J connectivity index is 1.96. The van der Waals surface area contributed by atoms with E-state index >= 15 is 0 Å². The van der Waals surface area contributed by atoms with Crippen LogP contribution in [0.2, 0.25) is 0 Å². The number of hydrogen-bond donors (Lipinski definition) is 3. The normalized spacial score (nSPS) is 13.8. The number of thiophene rings is 1. The van der Waals surface area contributed by atoms with Gasteiger partial charge in [0.2, 0.25) is 5.95 Å². The second-order valence-electron chi connectivity index (χ2n) is 6.39. The largest absolute Gasteiger partial charge is 0.496 e. The minimum absolute atomic E-state index is 0.304. The first-order valence-corrected chi connectivity index (χ1v) is 9.11. The fraction of sp³-hybridized carbons (Fsp3) is 0.278. The molecule has 26 heavy (non-hydrogen) atoms. The number of methoxy groups -OCH3 is 1. The molecule has 4 rings (SSSR count). The molecule has 1 aliphatic rings. The number of nitrogen functional groups attached to an aromatic ring is 1. The van der Waals surface area contributed by atoms with Crippen LogP contribution in [0.5, 0.6) is 5.75 Å². The van der Waals surface area contributed by atoms with Gasteiger partial charge in [-0.1, -0.05) is 12.1 Å². The van der Waals surface area contributed by atoms with Gasteiger partial charge in [0, 0.05) is 11.6 Å². The van der Waals surface area contributed by atoms with Gasteiger partial charge in [-0.3, -0.25) is 4.79 Å². The summed E-state index contributed by atoms with van der Waals surface area (Å²) in [5.41, 5.74) is 14.5. The SMILES string of the molecule is COc1cc(-c2nc(NC3CC3)nc3sc(C(N)=O)c(N)c23)ccc1C. The molecule has 5 N–H and O–H groups in total. The van der Waals surface area contributed by atoms with E-state index in [1.54, 1.807) is 7.11 Å². The number of ether oxygens (including phenoxy) is 1. The van der Waals surface area contributed by atoms with Crippen LogP contribution >= 0.6 is 11.3 Å². The van der Waals surface area contributed by atoms with Gasteiger partial charge in [-0.2, -0.15) is 0 Å². The summed E-state index contributed by atoms with van der Waals surface area (Å²) in [7, 11) is 1.63. The molecule has 0 unspecified atom stereocenters. The Labute approximate surface area is 154 Å². The molecule has 0 aliphatic heterocycles. The standard InChI is InChI=1S/C18H19N5O2S/c1-8-3-4-9(7-11(8)25-2)14-12-13(19)15(16(20)24)26-17(12)23-18(22-14)21-10-5-6-10/h3-4,7,10H,5-6,19H2,1-2H3,(H2,20,24)(H,21,22,23). The van der Waals surface area contributed by atoms with Crippen molar-refractivity contribution in [3.8, 4) is 17.0 Å². The molecule has 134 valence electrons. The number of nitrogens with zero attached hydrogens (tertiary/aromatic N) is 2. The number of aryl methyl sites for hydroxylation is 1. The fourth-order valence-corrected chi connectivity index (χ4v) is 3.80.